The zero-order valence-corrected chi connectivity index (χ0v) is 15.0. The Morgan fingerprint density at radius 3 is 2.60 bits per heavy atom. The zero-order valence-electron chi connectivity index (χ0n) is 15.0. The van der Waals surface area contributed by atoms with Gasteiger partial charge in [-0.15, -0.1) is 0 Å². The van der Waals surface area contributed by atoms with Gasteiger partial charge in [-0.1, -0.05) is 30.3 Å². The highest BCUT2D eigenvalue weighted by molar-refractivity contribution is 5.86. The quantitative estimate of drug-likeness (QED) is 0.450. The number of carbonyl (C=O) groups excluding carboxylic acids is 1. The first-order valence-corrected chi connectivity index (χ1v) is 8.83. The molecule has 1 aromatic rings. The van der Waals surface area contributed by atoms with Gasteiger partial charge in [-0.25, -0.2) is 0 Å². The van der Waals surface area contributed by atoms with Crippen molar-refractivity contribution in [2.75, 3.05) is 59.5 Å². The van der Waals surface area contributed by atoms with E-state index >= 15 is 0 Å². The van der Waals surface area contributed by atoms with E-state index in [0.717, 1.165) is 45.8 Å². The van der Waals surface area contributed by atoms with E-state index in [0.29, 0.717) is 12.5 Å². The highest BCUT2D eigenvalue weighted by atomic mass is 16.5. The molecule has 7 nitrogen and oxygen atoms in total. The number of nitrogens with one attached hydrogen (secondary N) is 3. The largest absolute Gasteiger partial charge is 0.379 e. The van der Waals surface area contributed by atoms with Crippen molar-refractivity contribution in [2.45, 2.75) is 6.42 Å². The van der Waals surface area contributed by atoms with E-state index in [9.17, 15) is 4.79 Å². The molecule has 0 radical (unpaired) electrons. The molecule has 1 aromatic carbocycles. The normalized spacial score (nSPS) is 15.6. The van der Waals surface area contributed by atoms with Crippen molar-refractivity contribution >= 4 is 11.9 Å². The molecule has 0 atom stereocenters. The van der Waals surface area contributed by atoms with Crippen LogP contribution in [0.1, 0.15) is 5.56 Å². The third kappa shape index (κ3) is 8.00. The number of carbonyl (C=O) groups is 1. The van der Waals surface area contributed by atoms with Crippen LogP contribution in [-0.2, 0) is 16.0 Å². The number of aliphatic imine (C=N–C) groups is 1. The molecule has 0 unspecified atom stereocenters. The first-order valence-electron chi connectivity index (χ1n) is 8.83. The van der Waals surface area contributed by atoms with Crippen LogP contribution in [0.25, 0.3) is 0 Å². The molecule has 3 N–H and O–H groups in total. The Balaban J connectivity index is 1.55. The van der Waals surface area contributed by atoms with E-state index < -0.39 is 0 Å². The minimum Gasteiger partial charge on any atom is -0.379 e. The van der Waals surface area contributed by atoms with E-state index in [4.69, 9.17) is 4.74 Å². The lowest BCUT2D eigenvalue weighted by Crippen LogP contribution is -2.46. The van der Waals surface area contributed by atoms with Crippen molar-refractivity contribution < 1.29 is 9.53 Å². The van der Waals surface area contributed by atoms with Crippen molar-refractivity contribution in [2.24, 2.45) is 4.99 Å². The molecule has 2 rings (SSSR count). The smallest absolute Gasteiger partial charge is 0.239 e. The van der Waals surface area contributed by atoms with Gasteiger partial charge in [0.15, 0.2) is 5.96 Å². The lowest BCUT2D eigenvalue weighted by Gasteiger charge is -2.26. The molecular formula is C18H29N5O2. The molecule has 1 saturated heterocycles. The highest BCUT2D eigenvalue weighted by Crippen LogP contribution is 1.98. The van der Waals surface area contributed by atoms with Crippen LogP contribution >= 0.6 is 0 Å². The van der Waals surface area contributed by atoms with Gasteiger partial charge in [0.25, 0.3) is 0 Å². The minimum atomic E-state index is -0.0351. The van der Waals surface area contributed by atoms with Gasteiger partial charge in [0.2, 0.25) is 5.91 Å². The monoisotopic (exact) mass is 347 g/mol. The number of guanidine groups is 1. The van der Waals surface area contributed by atoms with Gasteiger partial charge in [-0.05, 0) is 12.0 Å². The Morgan fingerprint density at radius 2 is 1.88 bits per heavy atom. The molecule has 1 aliphatic heterocycles. The number of rotatable bonds is 8. The molecule has 1 heterocycles. The number of amides is 1. The van der Waals surface area contributed by atoms with Gasteiger partial charge in [0.1, 0.15) is 0 Å². The third-order valence-corrected chi connectivity index (χ3v) is 4.04. The summed E-state index contributed by atoms with van der Waals surface area (Å²) in [5, 5.41) is 9.18. The minimum absolute atomic E-state index is 0.0351. The van der Waals surface area contributed by atoms with Gasteiger partial charge in [0.05, 0.1) is 19.8 Å². The average molecular weight is 347 g/mol. The summed E-state index contributed by atoms with van der Waals surface area (Å²) in [4.78, 5) is 18.4. The standard InChI is InChI=1S/C18H29N5O2/c1-19-18(21-9-10-23-11-13-25-14-12-23)22-15-17(24)20-8-7-16-5-3-2-4-6-16/h2-6H,7-15H2,1H3,(H,20,24)(H2,19,21,22). The number of morpholine rings is 1. The van der Waals surface area contributed by atoms with Crippen LogP contribution in [0.4, 0.5) is 0 Å². The van der Waals surface area contributed by atoms with Crippen molar-refractivity contribution in [1.29, 1.82) is 0 Å². The van der Waals surface area contributed by atoms with Crippen molar-refractivity contribution in [3.63, 3.8) is 0 Å². The maximum atomic E-state index is 11.9. The first kappa shape index (κ1) is 19.2. The number of benzene rings is 1. The lowest BCUT2D eigenvalue weighted by molar-refractivity contribution is -0.119. The predicted molar refractivity (Wildman–Crippen MR) is 99.8 cm³/mol. The van der Waals surface area contributed by atoms with Crippen LogP contribution in [0.2, 0.25) is 0 Å². The Labute approximate surface area is 149 Å². The Hall–Kier alpha value is -2.12. The Kier molecular flexibility index (Phi) is 8.79. The molecule has 0 aromatic heterocycles. The first-order chi connectivity index (χ1) is 12.3. The van der Waals surface area contributed by atoms with Crippen molar-refractivity contribution in [3.8, 4) is 0 Å². The zero-order chi connectivity index (χ0) is 17.7. The number of ether oxygens (including phenoxy) is 1. The second kappa shape index (κ2) is 11.4. The molecule has 25 heavy (non-hydrogen) atoms. The van der Waals surface area contributed by atoms with E-state index in [1.807, 2.05) is 18.2 Å². The van der Waals surface area contributed by atoms with Crippen LogP contribution in [0.5, 0.6) is 0 Å². The van der Waals surface area contributed by atoms with Crippen LogP contribution in [-0.4, -0.2) is 76.3 Å². The Bertz CT molecular complexity index is 530. The summed E-state index contributed by atoms with van der Waals surface area (Å²) in [7, 11) is 1.71. The molecule has 0 bridgehead atoms. The number of hydrogen-bond acceptors (Lipinski definition) is 4. The molecule has 1 fully saturated rings. The predicted octanol–water partition coefficient (Wildman–Crippen LogP) is -0.157. The van der Waals surface area contributed by atoms with Gasteiger partial charge >= 0.3 is 0 Å². The summed E-state index contributed by atoms with van der Waals surface area (Å²) < 4.78 is 5.33. The fourth-order valence-electron chi connectivity index (χ4n) is 2.60. The fraction of sp³-hybridized carbons (Fsp3) is 0.556. The molecule has 0 spiro atoms. The molecule has 1 aliphatic rings. The van der Waals surface area contributed by atoms with E-state index in [-0.39, 0.29) is 12.5 Å². The number of nitrogens with zero attached hydrogens (tertiary/aromatic N) is 2. The van der Waals surface area contributed by atoms with Gasteiger partial charge < -0.3 is 20.7 Å². The molecule has 0 aliphatic carbocycles. The second-order valence-corrected chi connectivity index (χ2v) is 5.89. The average Bonchev–Trinajstić information content (AvgIpc) is 2.66. The summed E-state index contributed by atoms with van der Waals surface area (Å²) in [5.74, 6) is 0.610. The van der Waals surface area contributed by atoms with E-state index in [1.54, 1.807) is 7.05 Å². The van der Waals surface area contributed by atoms with Gasteiger partial charge in [-0.2, -0.15) is 0 Å². The van der Waals surface area contributed by atoms with E-state index in [1.165, 1.54) is 5.56 Å². The molecule has 138 valence electrons. The van der Waals surface area contributed by atoms with Crippen LogP contribution < -0.4 is 16.0 Å². The van der Waals surface area contributed by atoms with E-state index in [2.05, 4.69) is 38.0 Å². The molecule has 1 amide bonds. The van der Waals surface area contributed by atoms with Crippen molar-refractivity contribution in [1.82, 2.24) is 20.9 Å². The summed E-state index contributed by atoms with van der Waals surface area (Å²) in [6, 6.07) is 10.1. The highest BCUT2D eigenvalue weighted by Gasteiger charge is 2.10. The summed E-state index contributed by atoms with van der Waals surface area (Å²) >= 11 is 0. The maximum Gasteiger partial charge on any atom is 0.239 e. The fourth-order valence-corrected chi connectivity index (χ4v) is 2.60. The number of hydrogen-bond donors (Lipinski definition) is 3. The van der Waals surface area contributed by atoms with Gasteiger partial charge in [-0.3, -0.25) is 14.7 Å². The van der Waals surface area contributed by atoms with Crippen LogP contribution in [0.15, 0.2) is 35.3 Å². The molecule has 7 heteroatoms. The Morgan fingerprint density at radius 1 is 1.12 bits per heavy atom. The van der Waals surface area contributed by atoms with Gasteiger partial charge in [0, 0.05) is 39.8 Å². The second-order valence-electron chi connectivity index (χ2n) is 5.89. The summed E-state index contributed by atoms with van der Waals surface area (Å²) in [6.07, 6.45) is 0.832. The summed E-state index contributed by atoms with van der Waals surface area (Å²) in [6.45, 7) is 6.11. The molecule has 0 saturated carbocycles. The van der Waals surface area contributed by atoms with Crippen LogP contribution in [0, 0.1) is 0 Å². The lowest BCUT2D eigenvalue weighted by atomic mass is 10.1. The SMILES string of the molecule is CN=C(NCCN1CCOCC1)NCC(=O)NCCc1ccccc1. The van der Waals surface area contributed by atoms with Crippen LogP contribution in [0.3, 0.4) is 0 Å². The summed E-state index contributed by atoms with van der Waals surface area (Å²) in [5.41, 5.74) is 1.22. The molecular weight excluding hydrogens is 318 g/mol. The maximum absolute atomic E-state index is 11.9. The van der Waals surface area contributed by atoms with Crippen molar-refractivity contribution in [3.05, 3.63) is 35.9 Å². The topological polar surface area (TPSA) is 78.0 Å². The third-order valence-electron chi connectivity index (χ3n) is 4.04.